The highest BCUT2D eigenvalue weighted by molar-refractivity contribution is 8.06. The van der Waals surface area contributed by atoms with Gasteiger partial charge in [0, 0.05) is 6.92 Å². The van der Waals surface area contributed by atoms with E-state index in [0.717, 1.165) is 24.3 Å². The number of hydrogen-bond donors (Lipinski definition) is 0. The van der Waals surface area contributed by atoms with E-state index in [4.69, 9.17) is 0 Å². The van der Waals surface area contributed by atoms with Crippen LogP contribution in [0.5, 0.6) is 0 Å². The van der Waals surface area contributed by atoms with Crippen molar-refractivity contribution in [2.75, 3.05) is 0 Å². The fourth-order valence-corrected chi connectivity index (χ4v) is 14.0. The van der Waals surface area contributed by atoms with E-state index < -0.39 is 79.5 Å². The first kappa shape index (κ1) is 41.3. The molecule has 2 fully saturated rings. The second-order valence-corrected chi connectivity index (χ2v) is 18.9. The van der Waals surface area contributed by atoms with Crippen molar-refractivity contribution in [3.05, 3.63) is 144 Å². The van der Waals surface area contributed by atoms with Crippen LogP contribution in [0.2, 0.25) is 0 Å². The molecule has 2 aliphatic heterocycles. The van der Waals surface area contributed by atoms with E-state index in [1.165, 1.54) is 97.1 Å². The van der Waals surface area contributed by atoms with Gasteiger partial charge in [-0.2, -0.15) is 60.0 Å². The molecule has 0 aromatic heterocycles. The molecule has 0 radical (unpaired) electrons. The largest absolute Gasteiger partial charge is 0.445 e. The van der Waals surface area contributed by atoms with E-state index in [-0.39, 0.29) is 29.2 Å². The fourth-order valence-electron chi connectivity index (χ4n) is 5.70. The maximum absolute atomic E-state index is 13.3. The molecule has 292 valence electrons. The summed E-state index contributed by atoms with van der Waals surface area (Å²) in [6.07, 6.45) is -14.7. The molecule has 54 heavy (non-hydrogen) atoms. The Hall–Kier alpha value is -3.90. The van der Waals surface area contributed by atoms with Gasteiger partial charge in [0.15, 0.2) is 0 Å². The Labute approximate surface area is 305 Å². The molecule has 0 N–H and O–H groups in total. The third-order valence-electron chi connectivity index (χ3n) is 7.94. The highest BCUT2D eigenvalue weighted by Gasteiger charge is 2.73. The van der Waals surface area contributed by atoms with Crippen molar-refractivity contribution in [3.8, 4) is 0 Å². The van der Waals surface area contributed by atoms with Gasteiger partial charge in [-0.1, -0.05) is 121 Å². The Morgan fingerprint density at radius 2 is 0.741 bits per heavy atom. The summed E-state index contributed by atoms with van der Waals surface area (Å²) >= 11 is 0. The van der Waals surface area contributed by atoms with Crippen molar-refractivity contribution in [1.29, 1.82) is 0 Å². The van der Waals surface area contributed by atoms with Crippen molar-refractivity contribution in [1.82, 2.24) is 0 Å². The first-order chi connectivity index (χ1) is 24.9. The van der Waals surface area contributed by atoms with E-state index in [2.05, 4.69) is 16.7 Å². The lowest BCUT2D eigenvalue weighted by Crippen LogP contribution is -2.62. The van der Waals surface area contributed by atoms with E-state index in [0.29, 0.717) is 0 Å². The summed E-state index contributed by atoms with van der Waals surface area (Å²) in [5.74, 6) is -3.88. The average Bonchev–Trinajstić information content (AvgIpc) is 3.04. The summed E-state index contributed by atoms with van der Waals surface area (Å²) in [5, 5.41) is 0. The third-order valence-corrected chi connectivity index (χ3v) is 17.1. The molecule has 0 spiro atoms. The van der Waals surface area contributed by atoms with Crippen LogP contribution in [-0.4, -0.2) is 58.1 Å². The monoisotopic (exact) mass is 844 g/mol. The lowest BCUT2D eigenvalue weighted by Gasteiger charge is -2.42. The van der Waals surface area contributed by atoms with E-state index in [9.17, 15) is 60.0 Å². The molecule has 0 unspecified atom stereocenters. The minimum atomic E-state index is -5.42. The molecular weight excluding hydrogens is 819 g/mol. The Morgan fingerprint density at radius 3 is 0.981 bits per heavy atom. The molecule has 6 rings (SSSR count). The zero-order valence-electron chi connectivity index (χ0n) is 27.1. The number of rotatable bonds is 5. The van der Waals surface area contributed by atoms with Crippen LogP contribution in [0.25, 0.3) is 0 Å². The van der Waals surface area contributed by atoms with Gasteiger partial charge in [0.25, 0.3) is 13.9 Å². The quantitative estimate of drug-likeness (QED) is 0.176. The highest BCUT2D eigenvalue weighted by atomic mass is 32.3. The van der Waals surface area contributed by atoms with Crippen LogP contribution < -0.4 is 0 Å². The van der Waals surface area contributed by atoms with Crippen LogP contribution in [0.15, 0.2) is 121 Å². The van der Waals surface area contributed by atoms with Crippen LogP contribution in [-0.2, 0) is 65.4 Å². The first-order valence-corrected chi connectivity index (χ1v) is 20.6. The molecule has 2 aliphatic rings. The smallest absolute Gasteiger partial charge is 0.235 e. The third kappa shape index (κ3) is 6.93. The zero-order valence-corrected chi connectivity index (χ0v) is 30.4. The molecule has 4 aromatic rings. The van der Waals surface area contributed by atoms with Crippen LogP contribution in [0, 0.1) is 0 Å². The summed E-state index contributed by atoms with van der Waals surface area (Å²) in [7, 11) is -21.1. The molecule has 12 nitrogen and oxygen atoms in total. The van der Waals surface area contributed by atoms with Crippen molar-refractivity contribution in [2.45, 2.75) is 45.9 Å². The van der Waals surface area contributed by atoms with Gasteiger partial charge >= 0.3 is 52.8 Å². The highest BCUT2D eigenvalue weighted by Crippen LogP contribution is 2.54. The van der Waals surface area contributed by atoms with E-state index >= 15 is 0 Å². The van der Waals surface area contributed by atoms with Gasteiger partial charge < -0.3 is 0 Å². The molecular formula is C32H26F6O12S4. The van der Waals surface area contributed by atoms with E-state index in [1.807, 2.05) is 0 Å². The molecule has 22 heteroatoms. The Bertz CT molecular complexity index is 2260. The fraction of sp³-hybridized carbons (Fsp3) is 0.250. The molecule has 2 saturated heterocycles. The van der Waals surface area contributed by atoms with Crippen LogP contribution in [0.3, 0.4) is 0 Å². The maximum Gasteiger partial charge on any atom is 0.445 e. The molecule has 0 saturated carbocycles. The van der Waals surface area contributed by atoms with Gasteiger partial charge in [-0.25, -0.2) is 16.7 Å². The van der Waals surface area contributed by atoms with Gasteiger partial charge in [-0.3, -0.25) is 0 Å². The maximum atomic E-state index is 13.3. The van der Waals surface area contributed by atoms with Crippen molar-refractivity contribution in [2.24, 2.45) is 0 Å². The summed E-state index contributed by atoms with van der Waals surface area (Å²) in [5.41, 5.74) is -1.14. The molecule has 0 bridgehead atoms. The van der Waals surface area contributed by atoms with Gasteiger partial charge in [0.1, 0.15) is 0 Å². The SMILES string of the molecule is CC1(C(F)(F)F)OS(=O)(=O)C(c2ccccc2)(c2ccccc2)S(=O)(=O)O1.O=S1(=O)OC(CC(F)(F)F)OS(=O)(=O)C1(c1ccccc1)c1ccccc1. The van der Waals surface area contributed by atoms with Gasteiger partial charge in [-0.15, -0.1) is 0 Å². The molecule has 2 heterocycles. The summed E-state index contributed by atoms with van der Waals surface area (Å²) in [6.45, 7) is 0.196. The second kappa shape index (κ2) is 14.0. The number of hydrogen-bond acceptors (Lipinski definition) is 12. The van der Waals surface area contributed by atoms with Gasteiger partial charge in [0.05, 0.1) is 6.42 Å². The normalized spacial score (nSPS) is 22.2. The molecule has 0 amide bonds. The molecule has 4 aromatic carbocycles. The number of halogens is 6. The van der Waals surface area contributed by atoms with Gasteiger partial charge in [0.2, 0.25) is 6.29 Å². The topological polar surface area (TPSA) is 173 Å². The minimum absolute atomic E-state index is 0.196. The van der Waals surface area contributed by atoms with Crippen molar-refractivity contribution < 1.29 is 76.7 Å². The summed E-state index contributed by atoms with van der Waals surface area (Å²) in [6, 6.07) is 26.5. The summed E-state index contributed by atoms with van der Waals surface area (Å²) < 4.78 is 194. The number of alkyl halides is 6. The first-order valence-electron chi connectivity index (χ1n) is 15.0. The van der Waals surface area contributed by atoms with Crippen LogP contribution in [0.4, 0.5) is 26.3 Å². The van der Waals surface area contributed by atoms with Crippen molar-refractivity contribution in [3.63, 3.8) is 0 Å². The van der Waals surface area contributed by atoms with E-state index in [1.54, 1.807) is 0 Å². The predicted octanol–water partition coefficient (Wildman–Crippen LogP) is 5.75. The standard InChI is InChI=1S/2C16H13F3O6S2/c1-14(16(17,18)19)24-26(20,21)15(27(22,23)25-14,12-8-4-2-5-9-12)13-10-6-3-7-11-13;17-15(18,19)11-14-24-26(20,21)16(27(22,23)25-14,12-7-3-1-4-8-12)13-9-5-2-6-10-13/h2-11H,1H3;1-10,14H,11H2. The van der Waals surface area contributed by atoms with Crippen LogP contribution in [0.1, 0.15) is 35.6 Å². The Morgan fingerprint density at radius 1 is 0.481 bits per heavy atom. The molecule has 0 atom stereocenters. The predicted molar refractivity (Wildman–Crippen MR) is 176 cm³/mol. The van der Waals surface area contributed by atoms with Crippen molar-refractivity contribution >= 4 is 40.5 Å². The molecule has 0 aliphatic carbocycles. The lowest BCUT2D eigenvalue weighted by atomic mass is 10.0. The van der Waals surface area contributed by atoms with Gasteiger partial charge in [-0.05, 0) is 22.3 Å². The Balaban J connectivity index is 0.000000208. The summed E-state index contributed by atoms with van der Waals surface area (Å²) in [4.78, 5) is 0. The second-order valence-electron chi connectivity index (χ2n) is 11.6. The Kier molecular flexibility index (Phi) is 10.7. The average molecular weight is 845 g/mol. The minimum Gasteiger partial charge on any atom is -0.235 e. The van der Waals surface area contributed by atoms with Crippen LogP contribution >= 0.6 is 0 Å². The zero-order chi connectivity index (χ0) is 40.1. The number of benzene rings is 4. The lowest BCUT2D eigenvalue weighted by molar-refractivity contribution is -0.314.